The van der Waals surface area contributed by atoms with E-state index in [0.717, 1.165) is 28.7 Å². The van der Waals surface area contributed by atoms with E-state index in [4.69, 9.17) is 0 Å². The second-order valence-electron chi connectivity index (χ2n) is 7.53. The van der Waals surface area contributed by atoms with Crippen LogP contribution in [-0.4, -0.2) is 42.3 Å². The lowest BCUT2D eigenvalue weighted by molar-refractivity contribution is 0.0908. The number of benzene rings is 2. The van der Waals surface area contributed by atoms with Crippen molar-refractivity contribution in [1.29, 1.82) is 0 Å². The Balaban J connectivity index is 1.37. The third-order valence-corrected chi connectivity index (χ3v) is 6.39. The largest absolute Gasteiger partial charge is 0.348 e. The van der Waals surface area contributed by atoms with Crippen LogP contribution in [0.1, 0.15) is 40.5 Å². The van der Waals surface area contributed by atoms with E-state index in [1.165, 1.54) is 19.5 Å². The second-order valence-corrected chi connectivity index (χ2v) is 8.68. The summed E-state index contributed by atoms with van der Waals surface area (Å²) in [6, 6.07) is 15.6. The van der Waals surface area contributed by atoms with Gasteiger partial charge in [-0.3, -0.25) is 9.59 Å². The van der Waals surface area contributed by atoms with Crippen molar-refractivity contribution in [2.75, 3.05) is 19.6 Å². The molecule has 2 bridgehead atoms. The van der Waals surface area contributed by atoms with Crippen LogP contribution in [0.5, 0.6) is 0 Å². The van der Waals surface area contributed by atoms with Gasteiger partial charge in [-0.05, 0) is 68.6 Å². The highest BCUT2D eigenvalue weighted by Crippen LogP contribution is 2.29. The number of carbonyl (C=O) groups excluding carboxylic acids is 2. The summed E-state index contributed by atoms with van der Waals surface area (Å²) < 4.78 is 0. The highest BCUT2D eigenvalue weighted by atomic mass is 32.2. The highest BCUT2D eigenvalue weighted by Gasteiger charge is 2.32. The summed E-state index contributed by atoms with van der Waals surface area (Å²) in [5.41, 5.74) is 1.41. The Hall–Kier alpha value is -2.11. The molecule has 2 aromatic rings. The molecule has 0 aliphatic carbocycles. The molecule has 140 valence electrons. The number of Topliss-reactive ketones (excluding diaryl/α,β-unsaturated/α-hetero) is 1. The number of hydrogen-bond donors (Lipinski definition) is 1. The molecule has 1 amide bonds. The molecule has 4 nitrogen and oxygen atoms in total. The lowest BCUT2D eigenvalue weighted by atomic mass is 9.96. The first kappa shape index (κ1) is 18.3. The zero-order valence-corrected chi connectivity index (χ0v) is 16.3. The summed E-state index contributed by atoms with van der Waals surface area (Å²) in [7, 11) is 0. The van der Waals surface area contributed by atoms with Crippen LogP contribution < -0.4 is 5.32 Å². The van der Waals surface area contributed by atoms with Gasteiger partial charge in [0, 0.05) is 40.0 Å². The molecular formula is C22H24N2O2S. The molecule has 4 rings (SSSR count). The topological polar surface area (TPSA) is 49.4 Å². The van der Waals surface area contributed by atoms with Crippen LogP contribution in [0.3, 0.4) is 0 Å². The Morgan fingerprint density at radius 3 is 2.59 bits per heavy atom. The summed E-state index contributed by atoms with van der Waals surface area (Å²) in [5, 5.41) is 3.20. The van der Waals surface area contributed by atoms with Crippen molar-refractivity contribution in [3.05, 3.63) is 59.7 Å². The lowest BCUT2D eigenvalue weighted by Gasteiger charge is -2.30. The number of nitrogens with one attached hydrogen (secondary N) is 1. The summed E-state index contributed by atoms with van der Waals surface area (Å²) in [6.45, 7) is 4.92. The van der Waals surface area contributed by atoms with E-state index in [0.29, 0.717) is 11.1 Å². The molecule has 2 heterocycles. The van der Waals surface area contributed by atoms with E-state index in [-0.39, 0.29) is 17.7 Å². The number of piperidine rings is 1. The van der Waals surface area contributed by atoms with Crippen LogP contribution in [0.15, 0.2) is 58.3 Å². The molecule has 0 radical (unpaired) electrons. The average molecular weight is 381 g/mol. The number of ketones is 1. The van der Waals surface area contributed by atoms with Crippen LogP contribution in [-0.2, 0) is 0 Å². The molecule has 0 spiro atoms. The summed E-state index contributed by atoms with van der Waals surface area (Å²) in [4.78, 5) is 28.6. The summed E-state index contributed by atoms with van der Waals surface area (Å²) in [5.74, 6) is 0.822. The van der Waals surface area contributed by atoms with Crippen LogP contribution >= 0.6 is 11.8 Å². The standard InChI is InChI=1S/C22H24N2O2S/c1-15(25)18-3-2-4-21(12-18)27-20-7-5-17(6-8-20)22(26)23-19-11-16-9-10-24(13-16)14-19/h2-8,12,16,19H,9-11,13-14H2,1H3,(H,23,26). The van der Waals surface area contributed by atoms with Crippen molar-refractivity contribution in [1.82, 2.24) is 10.2 Å². The Morgan fingerprint density at radius 2 is 1.85 bits per heavy atom. The monoisotopic (exact) mass is 380 g/mol. The van der Waals surface area contributed by atoms with E-state index in [1.807, 2.05) is 48.5 Å². The van der Waals surface area contributed by atoms with E-state index < -0.39 is 0 Å². The maximum Gasteiger partial charge on any atom is 0.251 e. The maximum atomic E-state index is 12.6. The van der Waals surface area contributed by atoms with Crippen LogP contribution in [0.2, 0.25) is 0 Å². The quantitative estimate of drug-likeness (QED) is 0.800. The fraction of sp³-hybridized carbons (Fsp3) is 0.364. The minimum Gasteiger partial charge on any atom is -0.348 e. The summed E-state index contributed by atoms with van der Waals surface area (Å²) >= 11 is 1.59. The fourth-order valence-corrected chi connectivity index (χ4v) is 4.90. The number of amides is 1. The molecule has 0 saturated carbocycles. The maximum absolute atomic E-state index is 12.6. The van der Waals surface area contributed by atoms with Crippen LogP contribution in [0, 0.1) is 5.92 Å². The molecule has 3 unspecified atom stereocenters. The normalized spacial score (nSPS) is 23.8. The third kappa shape index (κ3) is 4.42. The lowest BCUT2D eigenvalue weighted by Crippen LogP contribution is -2.47. The van der Waals surface area contributed by atoms with Gasteiger partial charge in [0.15, 0.2) is 5.78 Å². The minimum atomic E-state index is 0.0117. The molecule has 2 aliphatic rings. The van der Waals surface area contributed by atoms with Gasteiger partial charge >= 0.3 is 0 Å². The van der Waals surface area contributed by atoms with Gasteiger partial charge in [-0.25, -0.2) is 0 Å². The van der Waals surface area contributed by atoms with Gasteiger partial charge in [-0.15, -0.1) is 0 Å². The minimum absolute atomic E-state index is 0.0117. The smallest absolute Gasteiger partial charge is 0.251 e. The SMILES string of the molecule is CC(=O)c1cccc(Sc2ccc(C(=O)NC3CC4CCN(C4)C3)cc2)c1. The number of nitrogens with zero attached hydrogens (tertiary/aromatic N) is 1. The fourth-order valence-electron chi connectivity index (χ4n) is 4.02. The Kier molecular flexibility index (Phi) is 5.32. The number of carbonyl (C=O) groups is 2. The van der Waals surface area contributed by atoms with Crippen molar-refractivity contribution in [3.8, 4) is 0 Å². The molecule has 2 fully saturated rings. The third-order valence-electron chi connectivity index (χ3n) is 5.39. The van der Waals surface area contributed by atoms with Gasteiger partial charge in [0.1, 0.15) is 0 Å². The number of fused-ring (bicyclic) bond motifs is 2. The van der Waals surface area contributed by atoms with Gasteiger partial charge in [0.05, 0.1) is 0 Å². The first-order valence-corrected chi connectivity index (χ1v) is 10.3. The van der Waals surface area contributed by atoms with Gasteiger partial charge in [0.2, 0.25) is 0 Å². The van der Waals surface area contributed by atoms with E-state index in [2.05, 4.69) is 10.2 Å². The van der Waals surface area contributed by atoms with Crippen molar-refractivity contribution in [3.63, 3.8) is 0 Å². The Morgan fingerprint density at radius 1 is 1.04 bits per heavy atom. The molecular weight excluding hydrogens is 356 g/mol. The molecule has 1 N–H and O–H groups in total. The van der Waals surface area contributed by atoms with Gasteiger partial charge in [-0.1, -0.05) is 23.9 Å². The average Bonchev–Trinajstić information content (AvgIpc) is 3.01. The van der Waals surface area contributed by atoms with Crippen molar-refractivity contribution >= 4 is 23.5 Å². The highest BCUT2D eigenvalue weighted by molar-refractivity contribution is 7.99. The summed E-state index contributed by atoms with van der Waals surface area (Å²) in [6.07, 6.45) is 2.37. The zero-order chi connectivity index (χ0) is 18.8. The molecule has 2 aromatic carbocycles. The second kappa shape index (κ2) is 7.87. The van der Waals surface area contributed by atoms with E-state index in [1.54, 1.807) is 18.7 Å². The van der Waals surface area contributed by atoms with E-state index in [9.17, 15) is 9.59 Å². The molecule has 0 aromatic heterocycles. The van der Waals surface area contributed by atoms with Crippen molar-refractivity contribution in [2.24, 2.45) is 5.92 Å². The molecule has 3 atom stereocenters. The molecule has 2 saturated heterocycles. The molecule has 27 heavy (non-hydrogen) atoms. The number of rotatable bonds is 5. The van der Waals surface area contributed by atoms with Crippen LogP contribution in [0.25, 0.3) is 0 Å². The number of hydrogen-bond acceptors (Lipinski definition) is 4. The van der Waals surface area contributed by atoms with Gasteiger partial charge in [0.25, 0.3) is 5.91 Å². The first-order chi connectivity index (χ1) is 13.1. The van der Waals surface area contributed by atoms with E-state index >= 15 is 0 Å². The predicted molar refractivity (Wildman–Crippen MR) is 107 cm³/mol. The Labute approximate surface area is 164 Å². The molecule has 5 heteroatoms. The molecule has 2 aliphatic heterocycles. The van der Waals surface area contributed by atoms with Gasteiger partial charge < -0.3 is 10.2 Å². The van der Waals surface area contributed by atoms with Crippen molar-refractivity contribution in [2.45, 2.75) is 35.6 Å². The van der Waals surface area contributed by atoms with Crippen molar-refractivity contribution < 1.29 is 9.59 Å². The first-order valence-electron chi connectivity index (χ1n) is 9.49. The van der Waals surface area contributed by atoms with Gasteiger partial charge in [-0.2, -0.15) is 0 Å². The predicted octanol–water partition coefficient (Wildman–Crippen LogP) is 3.86. The Bertz CT molecular complexity index is 838. The van der Waals surface area contributed by atoms with Crippen LogP contribution in [0.4, 0.5) is 0 Å². The zero-order valence-electron chi connectivity index (χ0n) is 15.5.